The van der Waals surface area contributed by atoms with E-state index >= 15 is 0 Å². The van der Waals surface area contributed by atoms with Crippen molar-refractivity contribution in [2.75, 3.05) is 19.0 Å². The minimum Gasteiger partial charge on any atom is -0.448 e. The number of thiazole rings is 1. The van der Waals surface area contributed by atoms with Crippen molar-refractivity contribution < 1.29 is 41.3 Å². The smallest absolute Gasteiger partial charge is 0.356 e. The number of esters is 1. The number of benzene rings is 6. The maximum absolute atomic E-state index is 14.5. The van der Waals surface area contributed by atoms with Crippen molar-refractivity contribution in [3.05, 3.63) is 244 Å². The van der Waals surface area contributed by atoms with Crippen LogP contribution in [-0.4, -0.2) is 67.8 Å². The first-order chi connectivity index (χ1) is 34.1. The van der Waals surface area contributed by atoms with Crippen LogP contribution in [0.15, 0.2) is 215 Å². The molecule has 0 saturated carbocycles. The Balaban J connectivity index is 0.994. The maximum Gasteiger partial charge on any atom is 0.356 e. The number of nitrogens with one attached hydrogen (secondary N) is 2. The maximum atomic E-state index is 14.5. The van der Waals surface area contributed by atoms with Crippen molar-refractivity contribution in [1.29, 1.82) is 0 Å². The number of anilines is 1. The summed E-state index contributed by atoms with van der Waals surface area (Å²) in [6.45, 7) is 1.52. The van der Waals surface area contributed by atoms with Crippen molar-refractivity contribution in [3.63, 3.8) is 0 Å². The first-order valence-electron chi connectivity index (χ1n) is 22.1. The van der Waals surface area contributed by atoms with Gasteiger partial charge in [0.25, 0.3) is 11.8 Å². The number of carbonyl (C=O) groups is 3. The number of ether oxygens (including phenoxy) is 2. The molecule has 1 fully saturated rings. The summed E-state index contributed by atoms with van der Waals surface area (Å²) in [5, 5.41) is 12.6. The number of oxime groups is 1. The summed E-state index contributed by atoms with van der Waals surface area (Å²) in [5.74, 6) is -2.43. The molecule has 70 heavy (non-hydrogen) atoms. The number of hydrogen-bond donors (Lipinski definition) is 2. The number of aryl methyl sites for hydroxylation is 1. The lowest BCUT2D eigenvalue weighted by atomic mass is 9.77. The lowest BCUT2D eigenvalue weighted by Crippen LogP contribution is -2.73. The molecule has 7 aromatic rings. The molecule has 1 saturated heterocycles. The van der Waals surface area contributed by atoms with E-state index in [0.717, 1.165) is 33.4 Å². The highest BCUT2D eigenvalue weighted by atomic mass is 32.2. The fourth-order valence-corrected chi connectivity index (χ4v) is 9.87. The van der Waals surface area contributed by atoms with Gasteiger partial charge in [0.2, 0.25) is 0 Å². The van der Waals surface area contributed by atoms with E-state index in [1.165, 1.54) is 36.7 Å². The number of carbonyl (C=O) groups excluding carboxylic acids is 3. The van der Waals surface area contributed by atoms with Gasteiger partial charge in [-0.3, -0.25) is 14.5 Å². The minimum absolute atomic E-state index is 0.0810. The number of nitrogens with zero attached hydrogens (tertiary/aromatic N) is 3. The van der Waals surface area contributed by atoms with Crippen molar-refractivity contribution in [1.82, 2.24) is 15.2 Å². The predicted octanol–water partition coefficient (Wildman–Crippen LogP) is 8.40. The number of aromatic nitrogens is 1. The number of amides is 2. The molecule has 6 aromatic carbocycles. The quantitative estimate of drug-likeness (QED) is 0.0171. The van der Waals surface area contributed by atoms with E-state index < -0.39 is 51.8 Å². The molecule has 2 unspecified atom stereocenters. The Morgan fingerprint density at radius 3 is 1.86 bits per heavy atom. The van der Waals surface area contributed by atoms with Crippen LogP contribution < -0.4 is 10.6 Å². The Labute approximate surface area is 408 Å². The third kappa shape index (κ3) is 9.60. The van der Waals surface area contributed by atoms with E-state index in [1.807, 2.05) is 159 Å². The second kappa shape index (κ2) is 20.6. The Morgan fingerprint density at radius 1 is 0.800 bits per heavy atom. The summed E-state index contributed by atoms with van der Waals surface area (Å²) in [6, 6.07) is 52.8. The van der Waals surface area contributed by atoms with Crippen molar-refractivity contribution in [2.45, 2.75) is 35.7 Å². The van der Waals surface area contributed by atoms with Gasteiger partial charge in [-0.25, -0.2) is 9.78 Å². The molecular formula is C54H45N5O9S2. The van der Waals surface area contributed by atoms with Gasteiger partial charge in [-0.05, 0) is 52.9 Å². The van der Waals surface area contributed by atoms with Crippen molar-refractivity contribution in [2.24, 2.45) is 5.16 Å². The van der Waals surface area contributed by atoms with Gasteiger partial charge in [0.15, 0.2) is 29.2 Å². The highest BCUT2D eigenvalue weighted by Gasteiger charge is 2.55. The summed E-state index contributed by atoms with van der Waals surface area (Å²) in [5.41, 5.74) is 3.89. The van der Waals surface area contributed by atoms with Crippen LogP contribution in [0.25, 0.3) is 0 Å². The zero-order valence-corrected chi connectivity index (χ0v) is 39.4. The third-order valence-electron chi connectivity index (χ3n) is 11.7. The second-order valence-corrected chi connectivity index (χ2v) is 18.6. The van der Waals surface area contributed by atoms with Crippen molar-refractivity contribution in [3.8, 4) is 0 Å². The van der Waals surface area contributed by atoms with Gasteiger partial charge in [-0.15, -0.1) is 11.3 Å². The molecule has 352 valence electrons. The van der Waals surface area contributed by atoms with Crippen LogP contribution >= 0.6 is 11.3 Å². The molecule has 0 spiro atoms. The SMILES string of the molecule is CO/N=C(/C(=O)NC1C(=O)N2C(C(=O)OC(c3ccccc3)c3ccccc3)=C(/C=C/OS(=O)(=O)c3ccc(C)cc3)COC12)c1csc(NC(c2ccccc2)(c2ccccc2)c2ccccc2)n1. The Kier molecular flexibility index (Phi) is 13.8. The molecule has 2 aliphatic heterocycles. The highest BCUT2D eigenvalue weighted by Crippen LogP contribution is 2.41. The third-order valence-corrected chi connectivity index (χ3v) is 13.7. The van der Waals surface area contributed by atoms with Crippen LogP contribution in [0.1, 0.15) is 45.2 Å². The van der Waals surface area contributed by atoms with Crippen LogP contribution in [0.4, 0.5) is 5.13 Å². The van der Waals surface area contributed by atoms with Gasteiger partial charge in [0.05, 0.1) is 6.61 Å². The lowest BCUT2D eigenvalue weighted by molar-refractivity contribution is -0.185. The van der Waals surface area contributed by atoms with E-state index in [4.69, 9.17) is 23.5 Å². The average molecular weight is 972 g/mol. The Bertz CT molecular complexity index is 3050. The zero-order chi connectivity index (χ0) is 48.7. The predicted molar refractivity (Wildman–Crippen MR) is 263 cm³/mol. The molecule has 3 heterocycles. The fourth-order valence-electron chi connectivity index (χ4n) is 8.34. The van der Waals surface area contributed by atoms with Gasteiger partial charge in [0, 0.05) is 11.0 Å². The number of hydrogen-bond acceptors (Lipinski definition) is 13. The molecule has 2 aliphatic rings. The normalized spacial score (nSPS) is 16.1. The molecule has 16 heteroatoms. The molecule has 2 amide bonds. The average Bonchev–Trinajstić information content (AvgIpc) is 3.87. The summed E-state index contributed by atoms with van der Waals surface area (Å²) in [7, 11) is -2.97. The summed E-state index contributed by atoms with van der Waals surface area (Å²) < 4.78 is 43.7. The van der Waals surface area contributed by atoms with Gasteiger partial charge in [-0.1, -0.05) is 175 Å². The van der Waals surface area contributed by atoms with Gasteiger partial charge < -0.3 is 29.1 Å². The Morgan fingerprint density at radius 2 is 1.33 bits per heavy atom. The van der Waals surface area contributed by atoms with Gasteiger partial charge in [0.1, 0.15) is 35.2 Å². The largest absolute Gasteiger partial charge is 0.448 e. The topological polar surface area (TPSA) is 175 Å². The molecule has 1 aromatic heterocycles. The molecule has 14 nitrogen and oxygen atoms in total. The van der Waals surface area contributed by atoms with Crippen LogP contribution in [-0.2, 0) is 48.5 Å². The first kappa shape index (κ1) is 46.9. The minimum atomic E-state index is -4.26. The summed E-state index contributed by atoms with van der Waals surface area (Å²) in [4.78, 5) is 54.0. The van der Waals surface area contributed by atoms with Crippen LogP contribution in [0.3, 0.4) is 0 Å². The van der Waals surface area contributed by atoms with E-state index in [9.17, 15) is 22.8 Å². The fraction of sp³-hybridized carbons (Fsp3) is 0.130. The van der Waals surface area contributed by atoms with E-state index in [2.05, 4.69) is 15.8 Å². The van der Waals surface area contributed by atoms with Gasteiger partial charge >= 0.3 is 16.1 Å². The van der Waals surface area contributed by atoms with Crippen LogP contribution in [0, 0.1) is 6.92 Å². The summed E-state index contributed by atoms with van der Waals surface area (Å²) >= 11 is 1.25. The number of fused-ring (bicyclic) bond motifs is 1. The standard InChI is InChI=1S/C54H45N5O9S2/c1-36-28-30-43(31-29-36)70(63,64)67-33-32-39-34-66-51-46(50(61)59(51)47(39)52(62)68-48(37-18-8-3-9-19-37)38-20-10-4-11-21-38)56-49(60)45(58-65-2)44-35-69-53(55-44)57-54(40-22-12-5-13-23-40,41-24-14-6-15-25-41)42-26-16-7-17-27-42/h3-33,35,46,48,51H,34H2,1-2H3,(H,55,57)(H,56,60)/b33-32+,58-45+. The monoisotopic (exact) mass is 971 g/mol. The molecular weight excluding hydrogens is 927 g/mol. The summed E-state index contributed by atoms with van der Waals surface area (Å²) in [6.07, 6.45) is 0.0598. The number of rotatable bonds is 17. The van der Waals surface area contributed by atoms with Crippen LogP contribution in [0.5, 0.6) is 0 Å². The van der Waals surface area contributed by atoms with E-state index in [-0.39, 0.29) is 34.2 Å². The second-order valence-electron chi connectivity index (χ2n) is 16.1. The number of β-lactam (4-membered cyclic amide) rings is 1. The molecule has 9 rings (SSSR count). The molecule has 2 atom stereocenters. The van der Waals surface area contributed by atoms with Crippen LogP contribution in [0.2, 0.25) is 0 Å². The van der Waals surface area contributed by atoms with E-state index in [1.54, 1.807) is 17.5 Å². The molecule has 0 bridgehead atoms. The highest BCUT2D eigenvalue weighted by molar-refractivity contribution is 7.86. The first-order valence-corrected chi connectivity index (χ1v) is 24.3. The Hall–Kier alpha value is -8.18. The van der Waals surface area contributed by atoms with Gasteiger partial charge in [-0.2, -0.15) is 8.42 Å². The molecule has 0 radical (unpaired) electrons. The molecule has 2 N–H and O–H groups in total. The lowest BCUT2D eigenvalue weighted by Gasteiger charge is -2.49. The molecule has 0 aliphatic carbocycles. The van der Waals surface area contributed by atoms with Crippen molar-refractivity contribution >= 4 is 50.1 Å². The van der Waals surface area contributed by atoms with E-state index in [0.29, 0.717) is 16.3 Å². The zero-order valence-electron chi connectivity index (χ0n) is 37.7.